The summed E-state index contributed by atoms with van der Waals surface area (Å²) in [5.41, 5.74) is 0.732. The van der Waals surface area contributed by atoms with Gasteiger partial charge in [-0.3, -0.25) is 9.59 Å². The van der Waals surface area contributed by atoms with Crippen molar-refractivity contribution in [3.8, 4) is 0 Å². The second-order valence-electron chi connectivity index (χ2n) is 6.67. The molecule has 0 bridgehead atoms. The van der Waals surface area contributed by atoms with Crippen molar-refractivity contribution >= 4 is 23.2 Å². The number of carbonyl (C=O) groups excluding carboxylic acids is 2. The molecular weight excluding hydrogens is 302 g/mol. The molecule has 24 heavy (non-hydrogen) atoms. The largest absolute Gasteiger partial charge is 0.372 e. The number of amides is 2. The number of hydrogen-bond donors (Lipinski definition) is 2. The van der Waals surface area contributed by atoms with Crippen LogP contribution in [0.3, 0.4) is 0 Å². The number of piperidine rings is 1. The van der Waals surface area contributed by atoms with E-state index in [4.69, 9.17) is 0 Å². The van der Waals surface area contributed by atoms with E-state index in [2.05, 4.69) is 22.1 Å². The number of anilines is 2. The summed E-state index contributed by atoms with van der Waals surface area (Å²) in [4.78, 5) is 26.9. The number of benzene rings is 1. The van der Waals surface area contributed by atoms with Crippen LogP contribution in [-0.2, 0) is 9.59 Å². The molecule has 0 unspecified atom stereocenters. The van der Waals surface area contributed by atoms with Crippen LogP contribution in [0.5, 0.6) is 0 Å². The summed E-state index contributed by atoms with van der Waals surface area (Å²) >= 11 is 0. The molecule has 1 aromatic carbocycles. The van der Waals surface area contributed by atoms with Crippen LogP contribution < -0.4 is 15.5 Å². The molecule has 1 aliphatic heterocycles. The zero-order chi connectivity index (χ0) is 17.6. The molecule has 2 N–H and O–H groups in total. The first kappa shape index (κ1) is 18.0. The Morgan fingerprint density at radius 1 is 1.12 bits per heavy atom. The molecule has 0 saturated carbocycles. The van der Waals surface area contributed by atoms with E-state index in [1.165, 1.54) is 24.9 Å². The van der Waals surface area contributed by atoms with Crippen LogP contribution in [0.2, 0.25) is 0 Å². The Labute approximate surface area is 144 Å². The lowest BCUT2D eigenvalue weighted by atomic mass is 9.91. The lowest BCUT2D eigenvalue weighted by molar-refractivity contribution is -0.138. The molecule has 5 heteroatoms. The number of nitrogens with zero attached hydrogens (tertiary/aromatic N) is 1. The highest BCUT2D eigenvalue weighted by molar-refractivity contribution is 6.09. The van der Waals surface area contributed by atoms with Gasteiger partial charge in [0.2, 0.25) is 11.8 Å². The number of rotatable bonds is 6. The van der Waals surface area contributed by atoms with Gasteiger partial charge < -0.3 is 15.5 Å². The predicted molar refractivity (Wildman–Crippen MR) is 98.1 cm³/mol. The van der Waals surface area contributed by atoms with Crippen molar-refractivity contribution in [3.05, 3.63) is 36.9 Å². The quantitative estimate of drug-likeness (QED) is 0.623. The minimum atomic E-state index is -1.14. The average Bonchev–Trinajstić information content (AvgIpc) is 2.60. The maximum atomic E-state index is 12.4. The molecule has 0 aliphatic carbocycles. The fourth-order valence-corrected chi connectivity index (χ4v) is 2.68. The fourth-order valence-electron chi connectivity index (χ4n) is 2.68. The van der Waals surface area contributed by atoms with Gasteiger partial charge in [-0.05, 0) is 57.4 Å². The van der Waals surface area contributed by atoms with Gasteiger partial charge in [0.15, 0.2) is 0 Å². The Balaban J connectivity index is 1.98. The highest BCUT2D eigenvalue weighted by atomic mass is 16.2. The Morgan fingerprint density at radius 2 is 1.75 bits per heavy atom. The van der Waals surface area contributed by atoms with Gasteiger partial charge in [-0.25, -0.2) is 0 Å². The molecular formula is C19H27N3O2. The van der Waals surface area contributed by atoms with Crippen LogP contribution >= 0.6 is 0 Å². The van der Waals surface area contributed by atoms with E-state index in [0.29, 0.717) is 12.2 Å². The van der Waals surface area contributed by atoms with Gasteiger partial charge in [-0.2, -0.15) is 0 Å². The molecule has 2 rings (SSSR count). The van der Waals surface area contributed by atoms with Crippen molar-refractivity contribution < 1.29 is 9.59 Å². The van der Waals surface area contributed by atoms with Crippen LogP contribution in [0.1, 0.15) is 33.1 Å². The van der Waals surface area contributed by atoms with Crippen LogP contribution in [0.25, 0.3) is 0 Å². The van der Waals surface area contributed by atoms with Crippen LogP contribution in [-0.4, -0.2) is 31.4 Å². The van der Waals surface area contributed by atoms with E-state index in [-0.39, 0.29) is 11.8 Å². The third kappa shape index (κ3) is 4.37. The predicted octanol–water partition coefficient (Wildman–Crippen LogP) is 2.94. The van der Waals surface area contributed by atoms with Crippen molar-refractivity contribution in [3.63, 3.8) is 0 Å². The molecule has 0 radical (unpaired) electrons. The van der Waals surface area contributed by atoms with Gasteiger partial charge in [0.1, 0.15) is 5.41 Å². The van der Waals surface area contributed by atoms with Crippen LogP contribution in [0.4, 0.5) is 11.4 Å². The molecule has 2 amide bonds. The molecule has 0 aromatic heterocycles. The third-order valence-electron chi connectivity index (χ3n) is 4.39. The maximum Gasteiger partial charge on any atom is 0.239 e. The van der Waals surface area contributed by atoms with Gasteiger partial charge in [-0.1, -0.05) is 6.08 Å². The third-order valence-corrected chi connectivity index (χ3v) is 4.39. The summed E-state index contributed by atoms with van der Waals surface area (Å²) in [7, 11) is 0. The van der Waals surface area contributed by atoms with E-state index in [9.17, 15) is 9.59 Å². The maximum absolute atomic E-state index is 12.4. The molecule has 1 fully saturated rings. The van der Waals surface area contributed by atoms with Crippen molar-refractivity contribution in [1.29, 1.82) is 0 Å². The first-order chi connectivity index (χ1) is 11.4. The first-order valence-electron chi connectivity index (χ1n) is 8.51. The summed E-state index contributed by atoms with van der Waals surface area (Å²) in [5, 5.41) is 5.49. The summed E-state index contributed by atoms with van der Waals surface area (Å²) in [6.45, 7) is 9.30. The average molecular weight is 329 g/mol. The minimum absolute atomic E-state index is 0.315. The van der Waals surface area contributed by atoms with E-state index in [0.717, 1.165) is 13.1 Å². The smallest absolute Gasteiger partial charge is 0.239 e. The van der Waals surface area contributed by atoms with Gasteiger partial charge in [-0.15, -0.1) is 6.58 Å². The monoisotopic (exact) mass is 329 g/mol. The van der Waals surface area contributed by atoms with Gasteiger partial charge in [0.25, 0.3) is 0 Å². The SMILES string of the molecule is C=CCNC(=O)C(C)(C)C(=O)Nc1ccc(N2CCCCC2)cc1. The van der Waals surface area contributed by atoms with Gasteiger partial charge >= 0.3 is 0 Å². The van der Waals surface area contributed by atoms with Gasteiger partial charge in [0.05, 0.1) is 0 Å². The normalized spacial score (nSPS) is 14.8. The second-order valence-corrected chi connectivity index (χ2v) is 6.67. The first-order valence-corrected chi connectivity index (χ1v) is 8.51. The standard InChI is InChI=1S/C19H27N3O2/c1-4-12-20-17(23)19(2,3)18(24)21-15-8-10-16(11-9-15)22-13-6-5-7-14-22/h4,8-11H,1,5-7,12-14H2,2-3H3,(H,20,23)(H,21,24). The number of nitrogens with one attached hydrogen (secondary N) is 2. The highest BCUT2D eigenvalue weighted by Crippen LogP contribution is 2.23. The number of hydrogen-bond acceptors (Lipinski definition) is 3. The fraction of sp³-hybridized carbons (Fsp3) is 0.474. The zero-order valence-electron chi connectivity index (χ0n) is 14.6. The van der Waals surface area contributed by atoms with Crippen molar-refractivity contribution in [2.24, 2.45) is 5.41 Å². The molecule has 0 spiro atoms. The minimum Gasteiger partial charge on any atom is -0.372 e. The van der Waals surface area contributed by atoms with Gasteiger partial charge in [0, 0.05) is 31.0 Å². The summed E-state index contributed by atoms with van der Waals surface area (Å²) in [5.74, 6) is -0.639. The Kier molecular flexibility index (Phi) is 6.01. The van der Waals surface area contributed by atoms with E-state index >= 15 is 0 Å². The highest BCUT2D eigenvalue weighted by Gasteiger charge is 2.35. The van der Waals surface area contributed by atoms with Crippen molar-refractivity contribution in [1.82, 2.24) is 5.32 Å². The molecule has 1 aromatic rings. The zero-order valence-corrected chi connectivity index (χ0v) is 14.6. The summed E-state index contributed by atoms with van der Waals surface area (Å²) in [6, 6.07) is 7.82. The number of carbonyl (C=O) groups is 2. The summed E-state index contributed by atoms with van der Waals surface area (Å²) < 4.78 is 0. The molecule has 5 nitrogen and oxygen atoms in total. The van der Waals surface area contributed by atoms with Crippen molar-refractivity contribution in [2.75, 3.05) is 29.9 Å². The Morgan fingerprint density at radius 3 is 2.33 bits per heavy atom. The van der Waals surface area contributed by atoms with Crippen LogP contribution in [0, 0.1) is 5.41 Å². The molecule has 1 saturated heterocycles. The van der Waals surface area contributed by atoms with E-state index < -0.39 is 5.41 Å². The van der Waals surface area contributed by atoms with E-state index in [1.54, 1.807) is 19.9 Å². The molecule has 0 atom stereocenters. The van der Waals surface area contributed by atoms with Crippen LogP contribution in [0.15, 0.2) is 36.9 Å². The Bertz CT molecular complexity index is 587. The second kappa shape index (κ2) is 7.99. The molecule has 1 heterocycles. The van der Waals surface area contributed by atoms with Crippen molar-refractivity contribution in [2.45, 2.75) is 33.1 Å². The topological polar surface area (TPSA) is 61.4 Å². The Hall–Kier alpha value is -2.30. The molecule has 130 valence electrons. The lowest BCUT2D eigenvalue weighted by Gasteiger charge is -2.29. The van der Waals surface area contributed by atoms with E-state index in [1.807, 2.05) is 24.3 Å². The lowest BCUT2D eigenvalue weighted by Crippen LogP contribution is -2.45. The molecule has 1 aliphatic rings. The summed E-state index contributed by atoms with van der Waals surface area (Å²) in [6.07, 6.45) is 5.35.